The van der Waals surface area contributed by atoms with Gasteiger partial charge in [-0.3, -0.25) is 34.1 Å². The lowest BCUT2D eigenvalue weighted by molar-refractivity contribution is -0.385. The highest BCUT2D eigenvalue weighted by molar-refractivity contribution is 6.24. The van der Waals surface area contributed by atoms with Crippen molar-refractivity contribution in [2.75, 3.05) is 13.1 Å². The van der Waals surface area contributed by atoms with Crippen molar-refractivity contribution in [3.63, 3.8) is 0 Å². The first-order valence-electron chi connectivity index (χ1n) is 9.57. The summed E-state index contributed by atoms with van der Waals surface area (Å²) >= 11 is 0. The first kappa shape index (κ1) is 19.7. The number of nitro groups is 1. The number of nitrogens with zero attached hydrogens (tertiary/aromatic N) is 5. The van der Waals surface area contributed by atoms with Gasteiger partial charge in [-0.25, -0.2) is 0 Å². The van der Waals surface area contributed by atoms with E-state index in [2.05, 4.69) is 25.9 Å². The van der Waals surface area contributed by atoms with Crippen LogP contribution in [0.5, 0.6) is 0 Å². The Balaban J connectivity index is 1.52. The Kier molecular flexibility index (Phi) is 4.44. The van der Waals surface area contributed by atoms with Gasteiger partial charge in [-0.15, -0.1) is 0 Å². The van der Waals surface area contributed by atoms with Gasteiger partial charge in [0.1, 0.15) is 12.1 Å². The molecule has 30 heavy (non-hydrogen) atoms. The van der Waals surface area contributed by atoms with E-state index in [0.717, 1.165) is 16.2 Å². The summed E-state index contributed by atoms with van der Waals surface area (Å²) in [5, 5.41) is 15.7. The minimum atomic E-state index is -0.811. The molecule has 4 rings (SSSR count). The maximum Gasteiger partial charge on any atom is 0.282 e. The molecular formula is C20H21N5O5. The van der Waals surface area contributed by atoms with Gasteiger partial charge in [0.25, 0.3) is 17.5 Å². The van der Waals surface area contributed by atoms with Gasteiger partial charge >= 0.3 is 0 Å². The van der Waals surface area contributed by atoms with Crippen molar-refractivity contribution in [3.05, 3.63) is 56.9 Å². The Morgan fingerprint density at radius 1 is 1.23 bits per heavy atom. The van der Waals surface area contributed by atoms with E-state index in [0.29, 0.717) is 19.5 Å². The Morgan fingerprint density at radius 3 is 2.63 bits per heavy atom. The molecule has 0 aliphatic carbocycles. The highest BCUT2D eigenvalue weighted by Gasteiger charge is 2.42. The third kappa shape index (κ3) is 3.04. The summed E-state index contributed by atoms with van der Waals surface area (Å²) in [6.45, 7) is 6.49. The van der Waals surface area contributed by atoms with Crippen LogP contribution in [0.4, 0.5) is 5.69 Å². The van der Waals surface area contributed by atoms with Gasteiger partial charge in [0.05, 0.1) is 22.2 Å². The number of fused-ring (bicyclic) bond motifs is 2. The van der Waals surface area contributed by atoms with Crippen LogP contribution < -0.4 is 0 Å². The summed E-state index contributed by atoms with van der Waals surface area (Å²) in [4.78, 5) is 51.0. The van der Waals surface area contributed by atoms with Crippen LogP contribution in [-0.4, -0.2) is 55.3 Å². The normalized spacial score (nSPS) is 16.0. The third-order valence-electron chi connectivity index (χ3n) is 5.39. The Bertz CT molecular complexity index is 1100. The molecule has 156 valence electrons. The lowest BCUT2D eigenvalue weighted by Crippen LogP contribution is -2.44. The molecule has 0 saturated carbocycles. The number of hydrogen-bond acceptors (Lipinski definition) is 6. The number of amides is 3. The summed E-state index contributed by atoms with van der Waals surface area (Å²) in [6, 6.07) is 3.89. The molecule has 2 aromatic rings. The van der Waals surface area contributed by atoms with Crippen LogP contribution >= 0.6 is 0 Å². The lowest BCUT2D eigenvalue weighted by atomic mass is 10.0. The number of carbonyl (C=O) groups excluding carboxylic acids is 3. The molecule has 1 aromatic heterocycles. The maximum absolute atomic E-state index is 12.8. The van der Waals surface area contributed by atoms with E-state index >= 15 is 0 Å². The molecule has 1 aromatic carbocycles. The van der Waals surface area contributed by atoms with Crippen LogP contribution in [0.25, 0.3) is 0 Å². The van der Waals surface area contributed by atoms with Crippen LogP contribution in [0.15, 0.2) is 24.4 Å². The van der Waals surface area contributed by atoms with Crippen LogP contribution in [-0.2, 0) is 23.3 Å². The van der Waals surface area contributed by atoms with E-state index in [4.69, 9.17) is 0 Å². The molecule has 0 unspecified atom stereocenters. The van der Waals surface area contributed by atoms with E-state index in [9.17, 15) is 24.5 Å². The fourth-order valence-electron chi connectivity index (χ4n) is 3.97. The molecule has 2 aliphatic heterocycles. The molecule has 3 heterocycles. The zero-order valence-electron chi connectivity index (χ0n) is 16.9. The van der Waals surface area contributed by atoms with E-state index in [-0.39, 0.29) is 22.6 Å². The summed E-state index contributed by atoms with van der Waals surface area (Å²) in [6.07, 6.45) is 2.36. The molecule has 0 radical (unpaired) electrons. The zero-order chi connectivity index (χ0) is 21.8. The largest absolute Gasteiger partial charge is 0.336 e. The number of rotatable bonds is 3. The Morgan fingerprint density at radius 2 is 1.97 bits per heavy atom. The number of imide groups is 1. The maximum atomic E-state index is 12.8. The molecule has 10 nitrogen and oxygen atoms in total. The average Bonchev–Trinajstić information content (AvgIpc) is 3.22. The van der Waals surface area contributed by atoms with Crippen molar-refractivity contribution < 1.29 is 19.3 Å². The lowest BCUT2D eigenvalue weighted by Gasteiger charge is -2.31. The van der Waals surface area contributed by atoms with E-state index in [1.165, 1.54) is 18.2 Å². The highest BCUT2D eigenvalue weighted by Crippen LogP contribution is 2.31. The summed E-state index contributed by atoms with van der Waals surface area (Å²) in [5.74, 6) is -1.89. The number of hydrogen-bond donors (Lipinski definition) is 0. The first-order chi connectivity index (χ1) is 14.1. The van der Waals surface area contributed by atoms with Gasteiger partial charge in [0.2, 0.25) is 5.91 Å². The van der Waals surface area contributed by atoms with Gasteiger partial charge in [0, 0.05) is 36.8 Å². The van der Waals surface area contributed by atoms with E-state index < -0.39 is 29.0 Å². The standard InChI is InChI=1S/C20H21N5O5/c1-20(2,3)24-14-7-8-22(10-12(14)9-21-24)16(26)11-23-18(27)13-5-4-6-15(25(29)30)17(13)19(23)28/h4-6,9H,7-8,10-11H2,1-3H3. The minimum absolute atomic E-state index is 0.0469. The highest BCUT2D eigenvalue weighted by atomic mass is 16.6. The monoisotopic (exact) mass is 411 g/mol. The molecule has 0 N–H and O–H groups in total. The van der Waals surface area contributed by atoms with Gasteiger partial charge in [-0.1, -0.05) is 6.07 Å². The second-order valence-corrected chi connectivity index (χ2v) is 8.42. The molecule has 0 fully saturated rings. The van der Waals surface area contributed by atoms with E-state index in [1.807, 2.05) is 4.68 Å². The predicted octanol–water partition coefficient (Wildman–Crippen LogP) is 1.73. The van der Waals surface area contributed by atoms with Crippen LogP contribution in [0.2, 0.25) is 0 Å². The molecule has 3 amide bonds. The first-order valence-corrected chi connectivity index (χ1v) is 9.57. The van der Waals surface area contributed by atoms with Gasteiger partial charge in [-0.05, 0) is 26.8 Å². The molecule has 0 atom stereocenters. The molecule has 0 bridgehead atoms. The Hall–Kier alpha value is -3.56. The van der Waals surface area contributed by atoms with E-state index in [1.54, 1.807) is 11.1 Å². The molecular weight excluding hydrogens is 390 g/mol. The minimum Gasteiger partial charge on any atom is -0.336 e. The van der Waals surface area contributed by atoms with Crippen LogP contribution in [0.1, 0.15) is 52.7 Å². The summed E-state index contributed by atoms with van der Waals surface area (Å²) in [7, 11) is 0. The Labute approximate surface area is 172 Å². The smallest absolute Gasteiger partial charge is 0.282 e. The molecule has 2 aliphatic rings. The van der Waals surface area contributed by atoms with Crippen LogP contribution in [0, 0.1) is 10.1 Å². The van der Waals surface area contributed by atoms with Gasteiger partial charge < -0.3 is 4.90 Å². The second kappa shape index (κ2) is 6.75. The SMILES string of the molecule is CC(C)(C)n1ncc2c1CCN(C(=O)CN1C(=O)c3cccc([N+](=O)[O-])c3C1=O)C2. The molecule has 0 spiro atoms. The fraction of sp³-hybridized carbons (Fsp3) is 0.400. The molecule has 0 saturated heterocycles. The predicted molar refractivity (Wildman–Crippen MR) is 105 cm³/mol. The number of nitro benzene ring substituents is 1. The number of aromatic nitrogens is 2. The average molecular weight is 411 g/mol. The van der Waals surface area contributed by atoms with Crippen molar-refractivity contribution in [1.29, 1.82) is 0 Å². The van der Waals surface area contributed by atoms with Gasteiger partial charge in [0.15, 0.2) is 0 Å². The second-order valence-electron chi connectivity index (χ2n) is 8.42. The summed E-state index contributed by atoms with van der Waals surface area (Å²) < 4.78 is 1.95. The van der Waals surface area contributed by atoms with Gasteiger partial charge in [-0.2, -0.15) is 5.10 Å². The van der Waals surface area contributed by atoms with Crippen molar-refractivity contribution in [2.24, 2.45) is 0 Å². The fourth-order valence-corrected chi connectivity index (χ4v) is 3.97. The van der Waals surface area contributed by atoms with Crippen LogP contribution in [0.3, 0.4) is 0 Å². The number of carbonyl (C=O) groups is 3. The van der Waals surface area contributed by atoms with Crippen molar-refractivity contribution in [2.45, 2.75) is 39.3 Å². The summed E-state index contributed by atoms with van der Waals surface area (Å²) in [5.41, 5.74) is 1.10. The van der Waals surface area contributed by atoms with Crippen molar-refractivity contribution in [3.8, 4) is 0 Å². The third-order valence-corrected chi connectivity index (χ3v) is 5.39. The quantitative estimate of drug-likeness (QED) is 0.431. The molecule has 10 heteroatoms. The topological polar surface area (TPSA) is 119 Å². The number of benzene rings is 1. The van der Waals surface area contributed by atoms with Crippen molar-refractivity contribution >= 4 is 23.4 Å². The van der Waals surface area contributed by atoms with Crippen molar-refractivity contribution in [1.82, 2.24) is 19.6 Å². The zero-order valence-corrected chi connectivity index (χ0v) is 16.9.